The smallest absolute Gasteiger partial charge is 0.123 e. The first-order chi connectivity index (χ1) is 6.38. The summed E-state index contributed by atoms with van der Waals surface area (Å²) in [7, 11) is 0. The number of aromatic hydroxyl groups is 1. The zero-order chi connectivity index (χ0) is 9.10. The summed E-state index contributed by atoms with van der Waals surface area (Å²) in [5.74, 6) is 0.328. The Morgan fingerprint density at radius 3 is 1.93 bits per heavy atom. The second-order valence-electron chi connectivity index (χ2n) is 2.88. The normalized spacial score (nSPS) is 9.14. The van der Waals surface area contributed by atoms with Gasteiger partial charge in [0.2, 0.25) is 0 Å². The average molecular weight is 188 g/mol. The van der Waals surface area contributed by atoms with Crippen molar-refractivity contribution in [3.8, 4) is 16.9 Å². The zero-order valence-electron chi connectivity index (χ0n) is 8.14. The summed E-state index contributed by atoms with van der Waals surface area (Å²) >= 11 is 0. The van der Waals surface area contributed by atoms with E-state index in [9.17, 15) is 5.11 Å². The van der Waals surface area contributed by atoms with Gasteiger partial charge in [0, 0.05) is 5.56 Å². The Bertz CT molecular complexity index is 398. The quantitative estimate of drug-likeness (QED) is 0.707. The molecule has 72 valence electrons. The first-order valence-electron chi connectivity index (χ1n) is 4.21. The van der Waals surface area contributed by atoms with E-state index in [4.69, 9.17) is 0 Å². The van der Waals surface area contributed by atoms with E-state index in [1.54, 1.807) is 6.07 Å². The molecule has 0 aliphatic carbocycles. The van der Waals surface area contributed by atoms with E-state index in [0.29, 0.717) is 5.75 Å². The van der Waals surface area contributed by atoms with E-state index in [0.717, 1.165) is 11.1 Å². The fourth-order valence-electron chi connectivity index (χ4n) is 1.34. The Morgan fingerprint density at radius 2 is 1.29 bits per heavy atom. The molecule has 0 radical (unpaired) electrons. The van der Waals surface area contributed by atoms with E-state index < -0.39 is 0 Å². The topological polar surface area (TPSA) is 56.7 Å². The number of para-hydroxylation sites is 1. The Labute approximate surface area is 83.4 Å². The number of rotatable bonds is 1. The predicted octanol–water partition coefficient (Wildman–Crippen LogP) is 3.44. The van der Waals surface area contributed by atoms with Crippen LogP contribution in [0.2, 0.25) is 0 Å². The second-order valence-corrected chi connectivity index (χ2v) is 2.88. The third kappa shape index (κ3) is 1.92. The lowest BCUT2D eigenvalue weighted by Crippen LogP contribution is -1.76. The molecule has 0 aromatic heterocycles. The lowest BCUT2D eigenvalue weighted by atomic mass is 10.1. The Hall–Kier alpha value is -1.80. The fourth-order valence-corrected chi connectivity index (χ4v) is 1.34. The molecule has 2 aromatic rings. The third-order valence-corrected chi connectivity index (χ3v) is 1.99. The largest absolute Gasteiger partial charge is 0.507 e. The molecule has 0 spiro atoms. The molecule has 14 heavy (non-hydrogen) atoms. The van der Waals surface area contributed by atoms with Gasteiger partial charge in [-0.05, 0) is 11.6 Å². The maximum atomic E-state index is 9.56. The van der Waals surface area contributed by atoms with Gasteiger partial charge in [-0.1, -0.05) is 48.5 Å². The SMILES string of the molecule is Oc1ccccc1-c1ccccc1.[NH4+]. The summed E-state index contributed by atoms with van der Waals surface area (Å²) in [4.78, 5) is 0. The van der Waals surface area contributed by atoms with Crippen LogP contribution in [0.15, 0.2) is 54.6 Å². The van der Waals surface area contributed by atoms with E-state index in [-0.39, 0.29) is 6.15 Å². The predicted molar refractivity (Wildman–Crippen MR) is 59.5 cm³/mol. The molecule has 0 unspecified atom stereocenters. The van der Waals surface area contributed by atoms with Crippen LogP contribution in [0.5, 0.6) is 5.75 Å². The highest BCUT2D eigenvalue weighted by Crippen LogP contribution is 2.27. The molecule has 0 saturated heterocycles. The van der Waals surface area contributed by atoms with Crippen molar-refractivity contribution in [2.75, 3.05) is 0 Å². The van der Waals surface area contributed by atoms with E-state index in [2.05, 4.69) is 0 Å². The molecule has 0 saturated carbocycles. The molecule has 2 aromatic carbocycles. The molecule has 5 N–H and O–H groups in total. The summed E-state index contributed by atoms with van der Waals surface area (Å²) in [5, 5.41) is 9.56. The van der Waals surface area contributed by atoms with Crippen molar-refractivity contribution in [1.82, 2.24) is 6.15 Å². The highest BCUT2D eigenvalue weighted by atomic mass is 16.3. The maximum Gasteiger partial charge on any atom is 0.123 e. The fraction of sp³-hybridized carbons (Fsp3) is 0. The van der Waals surface area contributed by atoms with Crippen molar-refractivity contribution in [2.45, 2.75) is 0 Å². The lowest BCUT2D eigenvalue weighted by molar-refractivity contribution is 0.477. The van der Waals surface area contributed by atoms with Crippen molar-refractivity contribution in [1.29, 1.82) is 0 Å². The van der Waals surface area contributed by atoms with Crippen molar-refractivity contribution in [2.24, 2.45) is 0 Å². The second kappa shape index (κ2) is 4.44. The van der Waals surface area contributed by atoms with Gasteiger partial charge >= 0.3 is 0 Å². The maximum absolute atomic E-state index is 9.56. The zero-order valence-corrected chi connectivity index (χ0v) is 8.14. The van der Waals surface area contributed by atoms with Crippen LogP contribution < -0.4 is 6.15 Å². The summed E-state index contributed by atoms with van der Waals surface area (Å²) in [6.07, 6.45) is 0. The van der Waals surface area contributed by atoms with Gasteiger partial charge in [-0.3, -0.25) is 0 Å². The van der Waals surface area contributed by atoms with Crippen LogP contribution in [0.4, 0.5) is 0 Å². The van der Waals surface area contributed by atoms with Gasteiger partial charge in [-0.2, -0.15) is 0 Å². The standard InChI is InChI=1S/C12H10O.H3N/c13-12-9-5-4-8-11(12)10-6-2-1-3-7-10;/h1-9,13H;1H3/p+1. The number of quaternary nitrogens is 1. The van der Waals surface area contributed by atoms with Crippen LogP contribution in [-0.2, 0) is 0 Å². The van der Waals surface area contributed by atoms with E-state index >= 15 is 0 Å². The van der Waals surface area contributed by atoms with Crippen molar-refractivity contribution in [3.63, 3.8) is 0 Å². The van der Waals surface area contributed by atoms with E-state index in [1.807, 2.05) is 48.5 Å². The lowest BCUT2D eigenvalue weighted by Gasteiger charge is -2.02. The molecule has 0 bridgehead atoms. The molecule has 2 rings (SSSR count). The molecule has 0 fully saturated rings. The number of hydrogen-bond acceptors (Lipinski definition) is 1. The van der Waals surface area contributed by atoms with Crippen LogP contribution in [0.25, 0.3) is 11.1 Å². The highest BCUT2D eigenvalue weighted by Gasteiger charge is 2.00. The molecular weight excluding hydrogens is 174 g/mol. The Morgan fingerprint density at radius 1 is 0.714 bits per heavy atom. The van der Waals surface area contributed by atoms with Gasteiger partial charge in [0.05, 0.1) is 0 Å². The molecular formula is C12H14NO+. The summed E-state index contributed by atoms with van der Waals surface area (Å²) in [6.45, 7) is 0. The van der Waals surface area contributed by atoms with Gasteiger partial charge in [-0.15, -0.1) is 0 Å². The minimum Gasteiger partial charge on any atom is -0.507 e. The molecule has 0 aliphatic heterocycles. The van der Waals surface area contributed by atoms with Crippen LogP contribution in [0.1, 0.15) is 0 Å². The van der Waals surface area contributed by atoms with Gasteiger partial charge in [0.15, 0.2) is 0 Å². The number of phenolic OH excluding ortho intramolecular Hbond substituents is 1. The number of benzene rings is 2. The van der Waals surface area contributed by atoms with Gasteiger partial charge < -0.3 is 11.3 Å². The van der Waals surface area contributed by atoms with Crippen LogP contribution in [0, 0.1) is 0 Å². The Balaban J connectivity index is 0.000000980. The third-order valence-electron chi connectivity index (χ3n) is 1.99. The van der Waals surface area contributed by atoms with Crippen LogP contribution in [0.3, 0.4) is 0 Å². The monoisotopic (exact) mass is 188 g/mol. The average Bonchev–Trinajstić information content (AvgIpc) is 2.20. The van der Waals surface area contributed by atoms with Gasteiger partial charge in [-0.25, -0.2) is 0 Å². The number of phenols is 1. The first kappa shape index (κ1) is 10.3. The minimum atomic E-state index is 0. The van der Waals surface area contributed by atoms with Crippen LogP contribution in [-0.4, -0.2) is 5.11 Å². The van der Waals surface area contributed by atoms with Crippen LogP contribution >= 0.6 is 0 Å². The summed E-state index contributed by atoms with van der Waals surface area (Å²) < 4.78 is 0. The van der Waals surface area contributed by atoms with Gasteiger partial charge in [0.25, 0.3) is 0 Å². The number of hydrogen-bond donors (Lipinski definition) is 2. The minimum absolute atomic E-state index is 0. The van der Waals surface area contributed by atoms with Crippen molar-refractivity contribution < 1.29 is 5.11 Å². The van der Waals surface area contributed by atoms with E-state index in [1.165, 1.54) is 0 Å². The van der Waals surface area contributed by atoms with Gasteiger partial charge in [0.1, 0.15) is 5.75 Å². The Kier molecular flexibility index (Phi) is 3.26. The molecule has 2 nitrogen and oxygen atoms in total. The highest BCUT2D eigenvalue weighted by molar-refractivity contribution is 5.69. The molecule has 0 atom stereocenters. The molecule has 2 heteroatoms. The molecule has 0 heterocycles. The van der Waals surface area contributed by atoms with Crippen molar-refractivity contribution >= 4 is 0 Å². The molecule has 0 amide bonds. The summed E-state index contributed by atoms with van der Waals surface area (Å²) in [5.41, 5.74) is 1.92. The summed E-state index contributed by atoms with van der Waals surface area (Å²) in [6, 6.07) is 17.2. The molecule has 0 aliphatic rings. The van der Waals surface area contributed by atoms with Crippen molar-refractivity contribution in [3.05, 3.63) is 54.6 Å². The first-order valence-corrected chi connectivity index (χ1v) is 4.21.